The maximum absolute atomic E-state index is 12.5. The van der Waals surface area contributed by atoms with Crippen LogP contribution in [0.5, 0.6) is 0 Å². The first-order valence-corrected chi connectivity index (χ1v) is 10.0. The fraction of sp³-hybridized carbons (Fsp3) is 0.0435. The zero-order chi connectivity index (χ0) is 20.6. The van der Waals surface area contributed by atoms with E-state index in [1.54, 1.807) is 30.0 Å². The summed E-state index contributed by atoms with van der Waals surface area (Å²) in [7, 11) is 0. The van der Waals surface area contributed by atoms with Gasteiger partial charge in [-0.05, 0) is 48.9 Å². The SMILES string of the molecule is Cc1c(Cl)cccc1NC(=O)/C(C#N)=C\Nc1ccccc1Sc1ccccc1. The van der Waals surface area contributed by atoms with Gasteiger partial charge >= 0.3 is 0 Å². The maximum atomic E-state index is 12.5. The van der Waals surface area contributed by atoms with E-state index in [9.17, 15) is 10.1 Å². The van der Waals surface area contributed by atoms with E-state index >= 15 is 0 Å². The molecule has 1 amide bonds. The Balaban J connectivity index is 1.76. The minimum absolute atomic E-state index is 0.0381. The molecule has 0 aliphatic carbocycles. The van der Waals surface area contributed by atoms with Crippen molar-refractivity contribution in [2.45, 2.75) is 16.7 Å². The van der Waals surface area contributed by atoms with Gasteiger partial charge in [-0.25, -0.2) is 0 Å². The lowest BCUT2D eigenvalue weighted by atomic mass is 10.2. The summed E-state index contributed by atoms with van der Waals surface area (Å²) in [4.78, 5) is 14.6. The number of para-hydroxylation sites is 1. The van der Waals surface area contributed by atoms with Gasteiger partial charge in [0.2, 0.25) is 0 Å². The van der Waals surface area contributed by atoms with Gasteiger partial charge in [0.05, 0.1) is 5.69 Å². The van der Waals surface area contributed by atoms with Crippen molar-refractivity contribution in [3.63, 3.8) is 0 Å². The standard InChI is InChI=1S/C23H18ClN3OS/c1-16-19(24)10-7-12-20(16)27-23(28)17(14-25)15-26-21-11-5-6-13-22(21)29-18-8-3-2-4-9-18/h2-13,15,26H,1H3,(H,27,28)/b17-15-. The third-order valence-electron chi connectivity index (χ3n) is 4.11. The highest BCUT2D eigenvalue weighted by molar-refractivity contribution is 7.99. The Morgan fingerprint density at radius 2 is 1.69 bits per heavy atom. The van der Waals surface area contributed by atoms with Gasteiger partial charge in [-0.3, -0.25) is 4.79 Å². The third-order valence-corrected chi connectivity index (χ3v) is 5.60. The quantitative estimate of drug-likeness (QED) is 0.365. The lowest BCUT2D eigenvalue weighted by Gasteiger charge is -2.11. The van der Waals surface area contributed by atoms with Gasteiger partial charge in [0.25, 0.3) is 5.91 Å². The van der Waals surface area contributed by atoms with E-state index in [2.05, 4.69) is 10.6 Å². The minimum atomic E-state index is -0.501. The summed E-state index contributed by atoms with van der Waals surface area (Å²) in [6, 6.07) is 24.9. The summed E-state index contributed by atoms with van der Waals surface area (Å²) in [5.41, 5.74) is 2.09. The van der Waals surface area contributed by atoms with Crippen molar-refractivity contribution in [1.29, 1.82) is 5.26 Å². The number of carbonyl (C=O) groups is 1. The molecule has 2 N–H and O–H groups in total. The van der Waals surface area contributed by atoms with Crippen molar-refractivity contribution in [3.8, 4) is 6.07 Å². The fourth-order valence-electron chi connectivity index (χ4n) is 2.52. The summed E-state index contributed by atoms with van der Waals surface area (Å²) >= 11 is 7.69. The van der Waals surface area contributed by atoms with Crippen LogP contribution in [0.1, 0.15) is 5.56 Å². The molecule has 0 saturated carbocycles. The number of halogens is 1. The Kier molecular flexibility index (Phi) is 6.96. The molecule has 0 fully saturated rings. The number of nitrogens with one attached hydrogen (secondary N) is 2. The second kappa shape index (κ2) is 9.83. The van der Waals surface area contributed by atoms with Crippen LogP contribution in [-0.2, 0) is 4.79 Å². The van der Waals surface area contributed by atoms with Crippen molar-refractivity contribution in [3.05, 3.63) is 95.2 Å². The molecule has 0 radical (unpaired) electrons. The molecular formula is C23H18ClN3OS. The predicted octanol–water partition coefficient (Wildman–Crippen LogP) is 6.26. The molecule has 0 heterocycles. The lowest BCUT2D eigenvalue weighted by Crippen LogP contribution is -2.15. The normalized spacial score (nSPS) is 10.9. The third kappa shape index (κ3) is 5.41. The highest BCUT2D eigenvalue weighted by atomic mass is 35.5. The van der Waals surface area contributed by atoms with E-state index < -0.39 is 5.91 Å². The monoisotopic (exact) mass is 419 g/mol. The Hall–Kier alpha value is -3.20. The Morgan fingerprint density at radius 1 is 1.00 bits per heavy atom. The van der Waals surface area contributed by atoms with Crippen LogP contribution >= 0.6 is 23.4 Å². The predicted molar refractivity (Wildman–Crippen MR) is 119 cm³/mol. The number of nitrogens with zero attached hydrogens (tertiary/aromatic N) is 1. The molecule has 3 rings (SSSR count). The number of benzene rings is 3. The van der Waals surface area contributed by atoms with Crippen LogP contribution in [0.15, 0.2) is 94.4 Å². The largest absolute Gasteiger partial charge is 0.359 e. The van der Waals surface area contributed by atoms with Crippen molar-refractivity contribution < 1.29 is 4.79 Å². The molecule has 0 unspecified atom stereocenters. The molecule has 0 aromatic heterocycles. The number of hydrogen-bond donors (Lipinski definition) is 2. The highest BCUT2D eigenvalue weighted by Gasteiger charge is 2.12. The van der Waals surface area contributed by atoms with E-state index in [0.29, 0.717) is 10.7 Å². The van der Waals surface area contributed by atoms with Gasteiger partial charge in [0, 0.05) is 26.7 Å². The van der Waals surface area contributed by atoms with Crippen molar-refractivity contribution >= 4 is 40.6 Å². The first-order chi connectivity index (χ1) is 14.1. The van der Waals surface area contributed by atoms with Crippen LogP contribution < -0.4 is 10.6 Å². The molecule has 144 valence electrons. The van der Waals surface area contributed by atoms with E-state index in [4.69, 9.17) is 11.6 Å². The van der Waals surface area contributed by atoms with Crippen LogP contribution in [0.3, 0.4) is 0 Å². The smallest absolute Gasteiger partial charge is 0.267 e. The van der Waals surface area contributed by atoms with Crippen LogP contribution in [0, 0.1) is 18.3 Å². The number of anilines is 2. The lowest BCUT2D eigenvalue weighted by molar-refractivity contribution is -0.112. The van der Waals surface area contributed by atoms with E-state index in [-0.39, 0.29) is 5.57 Å². The molecule has 0 bridgehead atoms. The first kappa shape index (κ1) is 20.5. The fourth-order valence-corrected chi connectivity index (χ4v) is 3.63. The summed E-state index contributed by atoms with van der Waals surface area (Å²) in [6.07, 6.45) is 1.42. The number of nitriles is 1. The molecule has 4 nitrogen and oxygen atoms in total. The minimum Gasteiger partial charge on any atom is -0.359 e. The number of rotatable bonds is 6. The second-order valence-electron chi connectivity index (χ2n) is 6.09. The Labute approximate surface area is 179 Å². The Morgan fingerprint density at radius 3 is 2.45 bits per heavy atom. The molecule has 3 aromatic carbocycles. The molecule has 0 aliphatic heterocycles. The molecule has 0 spiro atoms. The van der Waals surface area contributed by atoms with E-state index in [1.165, 1.54) is 6.20 Å². The summed E-state index contributed by atoms with van der Waals surface area (Å²) in [5.74, 6) is -0.501. The molecule has 0 saturated heterocycles. The number of amides is 1. The molecule has 3 aromatic rings. The molecule has 0 aliphatic rings. The maximum Gasteiger partial charge on any atom is 0.267 e. The van der Waals surface area contributed by atoms with Gasteiger partial charge in [0.1, 0.15) is 11.6 Å². The molecule has 0 atom stereocenters. The zero-order valence-electron chi connectivity index (χ0n) is 15.6. The van der Waals surface area contributed by atoms with Gasteiger partial charge in [0.15, 0.2) is 0 Å². The van der Waals surface area contributed by atoms with E-state index in [1.807, 2.05) is 67.6 Å². The second-order valence-corrected chi connectivity index (χ2v) is 7.61. The highest BCUT2D eigenvalue weighted by Crippen LogP contribution is 2.33. The van der Waals surface area contributed by atoms with Crippen LogP contribution in [0.2, 0.25) is 5.02 Å². The van der Waals surface area contributed by atoms with Crippen LogP contribution in [0.25, 0.3) is 0 Å². The Bertz CT molecular complexity index is 1090. The topological polar surface area (TPSA) is 64.9 Å². The van der Waals surface area contributed by atoms with Crippen LogP contribution in [-0.4, -0.2) is 5.91 Å². The van der Waals surface area contributed by atoms with Gasteiger partial charge < -0.3 is 10.6 Å². The van der Waals surface area contributed by atoms with Crippen molar-refractivity contribution in [2.75, 3.05) is 10.6 Å². The molecule has 29 heavy (non-hydrogen) atoms. The molecular weight excluding hydrogens is 402 g/mol. The van der Waals surface area contributed by atoms with E-state index in [0.717, 1.165) is 21.0 Å². The number of hydrogen-bond acceptors (Lipinski definition) is 4. The summed E-state index contributed by atoms with van der Waals surface area (Å²) < 4.78 is 0. The number of carbonyl (C=O) groups excluding carboxylic acids is 1. The zero-order valence-corrected chi connectivity index (χ0v) is 17.2. The molecule has 6 heteroatoms. The van der Waals surface area contributed by atoms with Crippen LogP contribution in [0.4, 0.5) is 11.4 Å². The summed E-state index contributed by atoms with van der Waals surface area (Å²) in [6.45, 7) is 1.81. The average Bonchev–Trinajstić information content (AvgIpc) is 2.74. The first-order valence-electron chi connectivity index (χ1n) is 8.83. The van der Waals surface area contributed by atoms with Gasteiger partial charge in [-0.1, -0.05) is 59.8 Å². The summed E-state index contributed by atoms with van der Waals surface area (Å²) in [5, 5.41) is 15.8. The van der Waals surface area contributed by atoms with Gasteiger partial charge in [-0.2, -0.15) is 5.26 Å². The van der Waals surface area contributed by atoms with Crippen molar-refractivity contribution in [2.24, 2.45) is 0 Å². The van der Waals surface area contributed by atoms with Crippen molar-refractivity contribution in [1.82, 2.24) is 0 Å². The average molecular weight is 420 g/mol. The van der Waals surface area contributed by atoms with Gasteiger partial charge in [-0.15, -0.1) is 0 Å².